The number of benzene rings is 1. The fourth-order valence-corrected chi connectivity index (χ4v) is 2.08. The molecule has 0 aliphatic carbocycles. The lowest BCUT2D eigenvalue weighted by Gasteiger charge is -2.11. The van der Waals surface area contributed by atoms with Crippen LogP contribution < -0.4 is 11.1 Å². The van der Waals surface area contributed by atoms with Crippen molar-refractivity contribution in [1.82, 2.24) is 15.0 Å². The Morgan fingerprint density at radius 3 is 2.48 bits per heavy atom. The van der Waals surface area contributed by atoms with Gasteiger partial charge in [0, 0.05) is 30.2 Å². The monoisotopic (exact) mass is 308 g/mol. The van der Waals surface area contributed by atoms with Gasteiger partial charge in [0.25, 0.3) is 0 Å². The summed E-state index contributed by atoms with van der Waals surface area (Å²) in [4.78, 5) is 22.9. The van der Waals surface area contributed by atoms with Crippen LogP contribution in [-0.2, 0) is 0 Å². The van der Waals surface area contributed by atoms with Crippen molar-refractivity contribution in [3.05, 3.63) is 65.1 Å². The number of nitrogens with zero attached hydrogens (tertiary/aromatic N) is 4. The zero-order valence-corrected chi connectivity index (χ0v) is 11.9. The van der Waals surface area contributed by atoms with Gasteiger partial charge in [0.2, 0.25) is 5.82 Å². The Morgan fingerprint density at radius 1 is 1.00 bits per heavy atom. The number of para-hydroxylation sites is 1. The molecule has 1 aromatic carbocycles. The molecule has 0 aliphatic rings. The topological polar surface area (TPSA) is 120 Å². The fraction of sp³-hybridized carbons (Fsp3) is 0. The first-order chi connectivity index (χ1) is 11.2. The second kappa shape index (κ2) is 6.06. The van der Waals surface area contributed by atoms with Crippen molar-refractivity contribution in [3.63, 3.8) is 0 Å². The second-order valence-electron chi connectivity index (χ2n) is 4.59. The highest BCUT2D eigenvalue weighted by atomic mass is 16.6. The molecule has 3 N–H and O–H groups in total. The molecular weight excluding hydrogens is 296 g/mol. The maximum absolute atomic E-state index is 11.1. The van der Waals surface area contributed by atoms with E-state index in [9.17, 15) is 10.1 Å². The van der Waals surface area contributed by atoms with E-state index in [1.54, 1.807) is 36.7 Å². The second-order valence-corrected chi connectivity index (χ2v) is 4.59. The summed E-state index contributed by atoms with van der Waals surface area (Å²) in [6.45, 7) is 0. The van der Waals surface area contributed by atoms with Gasteiger partial charge in [-0.3, -0.25) is 10.1 Å². The van der Waals surface area contributed by atoms with Crippen LogP contribution in [-0.4, -0.2) is 19.9 Å². The number of nitrogens with two attached hydrogens (primary N) is 1. The lowest BCUT2D eigenvalue weighted by molar-refractivity contribution is -0.384. The molecule has 0 radical (unpaired) electrons. The van der Waals surface area contributed by atoms with Crippen LogP contribution >= 0.6 is 0 Å². The van der Waals surface area contributed by atoms with Gasteiger partial charge < -0.3 is 11.1 Å². The number of nitrogen functional groups attached to an aromatic ring is 1. The first-order valence-electron chi connectivity index (χ1n) is 6.69. The third-order valence-electron chi connectivity index (χ3n) is 3.15. The first-order valence-corrected chi connectivity index (χ1v) is 6.69. The van der Waals surface area contributed by atoms with Crippen LogP contribution in [0.3, 0.4) is 0 Å². The van der Waals surface area contributed by atoms with Gasteiger partial charge in [0.1, 0.15) is 0 Å². The minimum Gasteiger partial charge on any atom is -0.396 e. The Labute approximate surface area is 131 Å². The van der Waals surface area contributed by atoms with E-state index in [1.165, 1.54) is 18.3 Å². The van der Waals surface area contributed by atoms with Crippen LogP contribution in [0, 0.1) is 10.1 Å². The summed E-state index contributed by atoms with van der Waals surface area (Å²) in [5.74, 6) is 0.597. The Morgan fingerprint density at radius 2 is 1.74 bits per heavy atom. The minimum absolute atomic E-state index is 0.121. The van der Waals surface area contributed by atoms with E-state index < -0.39 is 4.92 Å². The normalized spacial score (nSPS) is 10.3. The molecule has 0 aliphatic heterocycles. The smallest absolute Gasteiger partial charge is 0.311 e. The largest absolute Gasteiger partial charge is 0.396 e. The summed E-state index contributed by atoms with van der Waals surface area (Å²) in [5.41, 5.74) is 7.54. The molecule has 0 amide bonds. The third kappa shape index (κ3) is 2.91. The maximum Gasteiger partial charge on any atom is 0.311 e. The van der Waals surface area contributed by atoms with Gasteiger partial charge in [-0.15, -0.1) is 0 Å². The Balaban J connectivity index is 2.01. The summed E-state index contributed by atoms with van der Waals surface area (Å²) < 4.78 is 0. The van der Waals surface area contributed by atoms with Gasteiger partial charge in [-0.2, -0.15) is 0 Å². The molecule has 0 fully saturated rings. The molecule has 0 saturated heterocycles. The molecule has 0 bridgehead atoms. The highest BCUT2D eigenvalue weighted by molar-refractivity contribution is 5.85. The molecule has 23 heavy (non-hydrogen) atoms. The number of pyridine rings is 1. The van der Waals surface area contributed by atoms with Crippen LogP contribution in [0.1, 0.15) is 0 Å². The van der Waals surface area contributed by atoms with Crippen molar-refractivity contribution in [2.24, 2.45) is 0 Å². The SMILES string of the molecule is Nc1c(Nc2ncccc2[N+](=O)[O-])cccc1-c1ncccn1. The third-order valence-corrected chi connectivity index (χ3v) is 3.15. The maximum atomic E-state index is 11.1. The number of nitro groups is 1. The molecule has 8 heteroatoms. The number of aromatic nitrogens is 3. The predicted molar refractivity (Wildman–Crippen MR) is 86.1 cm³/mol. The van der Waals surface area contributed by atoms with E-state index in [4.69, 9.17) is 5.73 Å². The van der Waals surface area contributed by atoms with Gasteiger partial charge >= 0.3 is 5.69 Å². The summed E-state index contributed by atoms with van der Waals surface area (Å²) in [5, 5.41) is 14.0. The van der Waals surface area contributed by atoms with Crippen molar-refractivity contribution >= 4 is 22.9 Å². The lowest BCUT2D eigenvalue weighted by Crippen LogP contribution is -2.03. The first kappa shape index (κ1) is 14.4. The van der Waals surface area contributed by atoms with Crippen LogP contribution in [0.5, 0.6) is 0 Å². The highest BCUT2D eigenvalue weighted by Gasteiger charge is 2.16. The van der Waals surface area contributed by atoms with E-state index in [1.807, 2.05) is 0 Å². The molecule has 0 spiro atoms. The molecule has 2 heterocycles. The highest BCUT2D eigenvalue weighted by Crippen LogP contribution is 2.33. The molecule has 0 atom stereocenters. The lowest BCUT2D eigenvalue weighted by atomic mass is 10.1. The van der Waals surface area contributed by atoms with Crippen LogP contribution in [0.15, 0.2) is 55.0 Å². The number of rotatable bonds is 4. The van der Waals surface area contributed by atoms with Crippen molar-refractivity contribution in [2.75, 3.05) is 11.1 Å². The zero-order chi connectivity index (χ0) is 16.2. The fourth-order valence-electron chi connectivity index (χ4n) is 2.08. The molecule has 3 aromatic rings. The summed E-state index contributed by atoms with van der Waals surface area (Å²) in [6, 6.07) is 9.83. The van der Waals surface area contributed by atoms with Crippen molar-refractivity contribution in [2.45, 2.75) is 0 Å². The van der Waals surface area contributed by atoms with Gasteiger partial charge in [-0.1, -0.05) is 6.07 Å². The standard InChI is InChI=1S/C15H12N6O2/c16-13-10(14-17-8-3-9-18-14)4-1-5-11(13)20-15-12(21(22)23)6-2-7-19-15/h1-9H,16H2,(H,19,20). The Hall–Kier alpha value is -3.55. The van der Waals surface area contributed by atoms with E-state index in [-0.39, 0.29) is 11.5 Å². The average Bonchev–Trinajstić information content (AvgIpc) is 2.58. The number of hydrogen-bond acceptors (Lipinski definition) is 7. The molecule has 8 nitrogen and oxygen atoms in total. The van der Waals surface area contributed by atoms with Crippen molar-refractivity contribution in [3.8, 4) is 11.4 Å². The van der Waals surface area contributed by atoms with Gasteiger partial charge in [-0.25, -0.2) is 15.0 Å². The van der Waals surface area contributed by atoms with E-state index >= 15 is 0 Å². The quantitative estimate of drug-likeness (QED) is 0.432. The Kier molecular flexibility index (Phi) is 3.79. The molecule has 3 rings (SSSR count). The van der Waals surface area contributed by atoms with Crippen LogP contribution in [0.4, 0.5) is 22.9 Å². The number of anilines is 3. The van der Waals surface area contributed by atoms with E-state index in [2.05, 4.69) is 20.3 Å². The van der Waals surface area contributed by atoms with E-state index in [0.29, 0.717) is 22.8 Å². The van der Waals surface area contributed by atoms with Gasteiger partial charge in [0.05, 0.1) is 16.3 Å². The summed E-state index contributed by atoms with van der Waals surface area (Å²) in [7, 11) is 0. The molecule has 114 valence electrons. The molecule has 0 saturated carbocycles. The molecular formula is C15H12N6O2. The van der Waals surface area contributed by atoms with Crippen molar-refractivity contribution < 1.29 is 4.92 Å². The predicted octanol–water partition coefficient (Wildman–Crippen LogP) is 2.77. The van der Waals surface area contributed by atoms with Crippen LogP contribution in [0.2, 0.25) is 0 Å². The number of hydrogen-bond donors (Lipinski definition) is 2. The molecule has 0 unspecified atom stereocenters. The van der Waals surface area contributed by atoms with Gasteiger partial charge in [0.15, 0.2) is 5.82 Å². The number of nitrogens with one attached hydrogen (secondary N) is 1. The van der Waals surface area contributed by atoms with Crippen molar-refractivity contribution in [1.29, 1.82) is 0 Å². The average molecular weight is 308 g/mol. The summed E-state index contributed by atoms with van der Waals surface area (Å²) >= 11 is 0. The van der Waals surface area contributed by atoms with Gasteiger partial charge in [-0.05, 0) is 24.3 Å². The zero-order valence-electron chi connectivity index (χ0n) is 11.9. The summed E-state index contributed by atoms with van der Waals surface area (Å²) in [6.07, 6.45) is 4.70. The van der Waals surface area contributed by atoms with Crippen LogP contribution in [0.25, 0.3) is 11.4 Å². The molecule has 2 aromatic heterocycles. The Bertz CT molecular complexity index is 854. The minimum atomic E-state index is -0.504. The van der Waals surface area contributed by atoms with E-state index in [0.717, 1.165) is 0 Å².